The van der Waals surface area contributed by atoms with Crippen molar-refractivity contribution in [3.05, 3.63) is 12.7 Å². The molecule has 118 valence electrons. The Hall–Kier alpha value is -1.03. The Bertz CT molecular complexity index is 259. The fourth-order valence-corrected chi connectivity index (χ4v) is 2.16. The Morgan fingerprint density at radius 1 is 1.15 bits per heavy atom. The molecule has 0 aromatic carbocycles. The molecule has 0 fully saturated rings. The molecule has 4 nitrogen and oxygen atoms in total. The standard InChI is InChI=1S/C16H34N4/c1-6-9-11-14-19(5)16(17-4)18-13-10-12-15-20(7-2)8-3/h6H,1,7-15H2,2-5H3,(H,17,18). The minimum absolute atomic E-state index is 0.997. The molecule has 0 bridgehead atoms. The van der Waals surface area contributed by atoms with Crippen LogP contribution in [0.3, 0.4) is 0 Å². The lowest BCUT2D eigenvalue weighted by Crippen LogP contribution is -2.39. The molecule has 1 N–H and O–H groups in total. The summed E-state index contributed by atoms with van der Waals surface area (Å²) >= 11 is 0. The van der Waals surface area contributed by atoms with Gasteiger partial charge < -0.3 is 15.1 Å². The van der Waals surface area contributed by atoms with E-state index in [1.165, 1.54) is 19.4 Å². The number of allylic oxidation sites excluding steroid dienone is 1. The first-order valence-corrected chi connectivity index (χ1v) is 7.94. The van der Waals surface area contributed by atoms with E-state index >= 15 is 0 Å². The molecule has 0 atom stereocenters. The predicted octanol–water partition coefficient (Wildman–Crippen LogP) is 2.58. The monoisotopic (exact) mass is 282 g/mol. The lowest BCUT2D eigenvalue weighted by atomic mass is 10.3. The lowest BCUT2D eigenvalue weighted by Gasteiger charge is -2.22. The average Bonchev–Trinajstić information content (AvgIpc) is 2.47. The smallest absolute Gasteiger partial charge is 0.193 e. The molecule has 0 heterocycles. The van der Waals surface area contributed by atoms with Crippen molar-refractivity contribution < 1.29 is 0 Å². The molecule has 0 rings (SSSR count). The highest BCUT2D eigenvalue weighted by Crippen LogP contribution is 1.96. The SMILES string of the molecule is C=CCCCN(C)C(=NC)NCCCCN(CC)CC. The molecule has 0 amide bonds. The van der Waals surface area contributed by atoms with Gasteiger partial charge in [0.25, 0.3) is 0 Å². The van der Waals surface area contributed by atoms with Crippen molar-refractivity contribution in [2.45, 2.75) is 39.5 Å². The van der Waals surface area contributed by atoms with Gasteiger partial charge in [-0.15, -0.1) is 6.58 Å². The second kappa shape index (κ2) is 13.0. The third-order valence-electron chi connectivity index (χ3n) is 3.55. The topological polar surface area (TPSA) is 30.9 Å². The Morgan fingerprint density at radius 3 is 2.40 bits per heavy atom. The van der Waals surface area contributed by atoms with Crippen molar-refractivity contribution in [1.29, 1.82) is 0 Å². The van der Waals surface area contributed by atoms with E-state index in [-0.39, 0.29) is 0 Å². The molecule has 0 saturated heterocycles. The molecular weight excluding hydrogens is 248 g/mol. The van der Waals surface area contributed by atoms with Crippen LogP contribution in [0.1, 0.15) is 39.5 Å². The van der Waals surface area contributed by atoms with Gasteiger partial charge in [0, 0.05) is 27.2 Å². The molecule has 20 heavy (non-hydrogen) atoms. The van der Waals surface area contributed by atoms with Gasteiger partial charge in [0.05, 0.1) is 0 Å². The zero-order chi connectivity index (χ0) is 15.2. The van der Waals surface area contributed by atoms with Gasteiger partial charge in [-0.05, 0) is 45.3 Å². The molecule has 0 aliphatic rings. The van der Waals surface area contributed by atoms with Crippen LogP contribution < -0.4 is 5.32 Å². The van der Waals surface area contributed by atoms with Gasteiger partial charge in [0.1, 0.15) is 0 Å². The summed E-state index contributed by atoms with van der Waals surface area (Å²) in [6.07, 6.45) is 6.59. The first-order valence-electron chi connectivity index (χ1n) is 7.94. The fourth-order valence-electron chi connectivity index (χ4n) is 2.16. The zero-order valence-electron chi connectivity index (χ0n) is 14.0. The summed E-state index contributed by atoms with van der Waals surface area (Å²) in [5.41, 5.74) is 0. The maximum atomic E-state index is 4.33. The maximum absolute atomic E-state index is 4.33. The van der Waals surface area contributed by atoms with E-state index in [1.54, 1.807) is 0 Å². The quantitative estimate of drug-likeness (QED) is 0.273. The Kier molecular flexibility index (Phi) is 12.3. The molecule has 0 aliphatic heterocycles. The molecule has 0 aliphatic carbocycles. The van der Waals surface area contributed by atoms with Crippen LogP contribution in [-0.2, 0) is 0 Å². The van der Waals surface area contributed by atoms with E-state index in [4.69, 9.17) is 0 Å². The van der Waals surface area contributed by atoms with E-state index in [9.17, 15) is 0 Å². The van der Waals surface area contributed by atoms with Crippen LogP contribution in [0.5, 0.6) is 0 Å². The second-order valence-corrected chi connectivity index (χ2v) is 5.06. The largest absolute Gasteiger partial charge is 0.356 e. The highest BCUT2D eigenvalue weighted by molar-refractivity contribution is 5.79. The number of hydrogen-bond acceptors (Lipinski definition) is 2. The van der Waals surface area contributed by atoms with Crippen molar-refractivity contribution in [3.63, 3.8) is 0 Å². The molecular formula is C16H34N4. The van der Waals surface area contributed by atoms with E-state index in [0.717, 1.165) is 45.0 Å². The van der Waals surface area contributed by atoms with Crippen LogP contribution in [0.15, 0.2) is 17.6 Å². The van der Waals surface area contributed by atoms with E-state index in [1.807, 2.05) is 13.1 Å². The van der Waals surface area contributed by atoms with Crippen LogP contribution in [0.4, 0.5) is 0 Å². The van der Waals surface area contributed by atoms with Crippen molar-refractivity contribution in [2.24, 2.45) is 4.99 Å². The molecule has 0 spiro atoms. The number of unbranched alkanes of at least 4 members (excludes halogenated alkanes) is 2. The molecule has 0 aromatic rings. The first kappa shape index (κ1) is 19.0. The van der Waals surface area contributed by atoms with Crippen molar-refractivity contribution >= 4 is 5.96 Å². The third kappa shape index (κ3) is 8.97. The summed E-state index contributed by atoms with van der Waals surface area (Å²) < 4.78 is 0. The van der Waals surface area contributed by atoms with Gasteiger partial charge in [0.15, 0.2) is 5.96 Å². The zero-order valence-corrected chi connectivity index (χ0v) is 14.0. The normalized spacial score (nSPS) is 11.8. The van der Waals surface area contributed by atoms with Gasteiger partial charge in [0.2, 0.25) is 0 Å². The Balaban J connectivity index is 3.76. The summed E-state index contributed by atoms with van der Waals surface area (Å²) in [4.78, 5) is 8.98. The van der Waals surface area contributed by atoms with E-state index in [2.05, 4.69) is 47.6 Å². The predicted molar refractivity (Wildman–Crippen MR) is 90.4 cm³/mol. The van der Waals surface area contributed by atoms with Gasteiger partial charge in [-0.3, -0.25) is 4.99 Å². The van der Waals surface area contributed by atoms with Crippen LogP contribution in [0.25, 0.3) is 0 Å². The minimum Gasteiger partial charge on any atom is -0.356 e. The number of guanidine groups is 1. The molecule has 4 heteroatoms. The van der Waals surface area contributed by atoms with Crippen LogP contribution >= 0.6 is 0 Å². The summed E-state index contributed by atoms with van der Waals surface area (Å²) in [5, 5.41) is 3.44. The van der Waals surface area contributed by atoms with Crippen molar-refractivity contribution in [1.82, 2.24) is 15.1 Å². The summed E-state index contributed by atoms with van der Waals surface area (Å²) in [7, 11) is 3.94. The maximum Gasteiger partial charge on any atom is 0.193 e. The van der Waals surface area contributed by atoms with Gasteiger partial charge in [-0.2, -0.15) is 0 Å². The summed E-state index contributed by atoms with van der Waals surface area (Å²) in [5.74, 6) is 0.997. The first-order chi connectivity index (χ1) is 9.69. The van der Waals surface area contributed by atoms with Crippen LogP contribution in [0, 0.1) is 0 Å². The minimum atomic E-state index is 0.997. The van der Waals surface area contributed by atoms with E-state index < -0.39 is 0 Å². The molecule has 0 unspecified atom stereocenters. The second-order valence-electron chi connectivity index (χ2n) is 5.06. The van der Waals surface area contributed by atoms with Gasteiger partial charge >= 0.3 is 0 Å². The average molecular weight is 282 g/mol. The van der Waals surface area contributed by atoms with E-state index in [0.29, 0.717) is 0 Å². The molecule has 0 radical (unpaired) electrons. The van der Waals surface area contributed by atoms with Crippen LogP contribution in [0.2, 0.25) is 0 Å². The van der Waals surface area contributed by atoms with Crippen molar-refractivity contribution in [3.8, 4) is 0 Å². The summed E-state index contributed by atoms with van der Waals surface area (Å²) in [6.45, 7) is 13.7. The number of nitrogens with one attached hydrogen (secondary N) is 1. The van der Waals surface area contributed by atoms with Crippen molar-refractivity contribution in [2.75, 3.05) is 46.8 Å². The highest BCUT2D eigenvalue weighted by atomic mass is 15.3. The molecule has 0 aromatic heterocycles. The van der Waals surface area contributed by atoms with Gasteiger partial charge in [-0.1, -0.05) is 19.9 Å². The number of aliphatic imine (C=N–C) groups is 1. The lowest BCUT2D eigenvalue weighted by molar-refractivity contribution is 0.297. The number of nitrogens with zero attached hydrogens (tertiary/aromatic N) is 3. The van der Waals surface area contributed by atoms with Crippen LogP contribution in [-0.4, -0.2) is 62.6 Å². The van der Waals surface area contributed by atoms with Gasteiger partial charge in [-0.25, -0.2) is 0 Å². The Labute approximate surface area is 125 Å². The third-order valence-corrected chi connectivity index (χ3v) is 3.55. The fraction of sp³-hybridized carbons (Fsp3) is 0.812. The number of hydrogen-bond donors (Lipinski definition) is 1. The molecule has 0 saturated carbocycles. The number of rotatable bonds is 11. The highest BCUT2D eigenvalue weighted by Gasteiger charge is 2.04. The Morgan fingerprint density at radius 2 is 1.85 bits per heavy atom. The summed E-state index contributed by atoms with van der Waals surface area (Å²) in [6, 6.07) is 0.